The number of hydrogen-bond acceptors (Lipinski definition) is 0. The molecule has 0 heterocycles. The molecule has 0 bridgehead atoms. The van der Waals surface area contributed by atoms with E-state index in [1.807, 2.05) is 0 Å². The van der Waals surface area contributed by atoms with Crippen molar-refractivity contribution in [1.82, 2.24) is 0 Å². The molecule has 0 spiro atoms. The minimum Gasteiger partial charge on any atom is -0.207 e. The normalized spacial score (nSPS) is 27.9. The molecular formula is C11H20F2. The summed E-state index contributed by atoms with van der Waals surface area (Å²) < 4.78 is 25.9. The van der Waals surface area contributed by atoms with Crippen LogP contribution < -0.4 is 0 Å². The molecule has 2 heteroatoms. The average molecular weight is 190 g/mol. The maximum atomic E-state index is 13.0. The Morgan fingerprint density at radius 1 is 1.38 bits per heavy atom. The van der Waals surface area contributed by atoms with Crippen LogP contribution in [0.4, 0.5) is 8.78 Å². The van der Waals surface area contributed by atoms with Gasteiger partial charge >= 0.3 is 0 Å². The first-order valence-electron chi connectivity index (χ1n) is 5.25. The van der Waals surface area contributed by atoms with E-state index in [1.165, 1.54) is 0 Å². The molecule has 1 atom stereocenters. The molecule has 0 aromatic heterocycles. The summed E-state index contributed by atoms with van der Waals surface area (Å²) in [6.45, 7) is 6.37. The number of rotatable bonds is 3. The van der Waals surface area contributed by atoms with Crippen LogP contribution in [0.5, 0.6) is 0 Å². The number of halogens is 2. The molecule has 13 heavy (non-hydrogen) atoms. The van der Waals surface area contributed by atoms with Crippen LogP contribution in [0.15, 0.2) is 0 Å². The minimum atomic E-state index is -2.38. The Morgan fingerprint density at radius 2 is 2.00 bits per heavy atom. The lowest BCUT2D eigenvalue weighted by molar-refractivity contribution is -0.00266. The van der Waals surface area contributed by atoms with Gasteiger partial charge in [-0.2, -0.15) is 0 Å². The van der Waals surface area contributed by atoms with Crippen molar-refractivity contribution in [3.63, 3.8) is 0 Å². The van der Waals surface area contributed by atoms with Gasteiger partial charge in [0.1, 0.15) is 0 Å². The van der Waals surface area contributed by atoms with Gasteiger partial charge in [0.15, 0.2) is 0 Å². The van der Waals surface area contributed by atoms with Crippen LogP contribution >= 0.6 is 0 Å². The van der Waals surface area contributed by atoms with E-state index in [1.54, 1.807) is 0 Å². The van der Waals surface area contributed by atoms with E-state index in [-0.39, 0.29) is 24.2 Å². The molecule has 1 fully saturated rings. The molecule has 78 valence electrons. The fourth-order valence-corrected chi connectivity index (χ4v) is 2.47. The molecule has 1 unspecified atom stereocenters. The molecule has 1 saturated carbocycles. The fourth-order valence-electron chi connectivity index (χ4n) is 2.47. The molecular weight excluding hydrogens is 170 g/mol. The van der Waals surface area contributed by atoms with Crippen molar-refractivity contribution in [2.45, 2.75) is 58.8 Å². The monoisotopic (exact) mass is 190 g/mol. The zero-order valence-electron chi connectivity index (χ0n) is 8.87. The molecule has 0 radical (unpaired) electrons. The first kappa shape index (κ1) is 10.9. The van der Waals surface area contributed by atoms with E-state index in [2.05, 4.69) is 20.8 Å². The van der Waals surface area contributed by atoms with Gasteiger partial charge in [-0.05, 0) is 24.2 Å². The van der Waals surface area contributed by atoms with Gasteiger partial charge in [-0.3, -0.25) is 0 Å². The van der Waals surface area contributed by atoms with Crippen molar-refractivity contribution in [3.05, 3.63) is 0 Å². The van der Waals surface area contributed by atoms with Gasteiger partial charge in [-0.25, -0.2) is 8.78 Å². The highest BCUT2D eigenvalue weighted by molar-refractivity contribution is 4.89. The SMILES string of the molecule is CCCC(C)(C)C1CCC(F)(F)C1. The zero-order valence-corrected chi connectivity index (χ0v) is 8.87. The van der Waals surface area contributed by atoms with Crippen molar-refractivity contribution in [2.75, 3.05) is 0 Å². The summed E-state index contributed by atoms with van der Waals surface area (Å²) in [5.41, 5.74) is 0.106. The van der Waals surface area contributed by atoms with Crippen LogP contribution in [0.25, 0.3) is 0 Å². The van der Waals surface area contributed by atoms with Gasteiger partial charge in [-0.15, -0.1) is 0 Å². The van der Waals surface area contributed by atoms with Crippen molar-refractivity contribution < 1.29 is 8.78 Å². The highest BCUT2D eigenvalue weighted by atomic mass is 19.3. The van der Waals surface area contributed by atoms with Gasteiger partial charge in [-0.1, -0.05) is 27.2 Å². The van der Waals surface area contributed by atoms with Gasteiger partial charge < -0.3 is 0 Å². The van der Waals surface area contributed by atoms with Crippen molar-refractivity contribution in [3.8, 4) is 0 Å². The first-order chi connectivity index (χ1) is 5.87. The van der Waals surface area contributed by atoms with Crippen LogP contribution in [0.1, 0.15) is 52.9 Å². The van der Waals surface area contributed by atoms with E-state index >= 15 is 0 Å². The topological polar surface area (TPSA) is 0 Å². The maximum absolute atomic E-state index is 13.0. The van der Waals surface area contributed by atoms with Crippen LogP contribution in [0, 0.1) is 11.3 Å². The summed E-state index contributed by atoms with van der Waals surface area (Å²) in [6, 6.07) is 0. The molecule has 1 aliphatic rings. The van der Waals surface area contributed by atoms with Gasteiger partial charge in [0, 0.05) is 12.8 Å². The third-order valence-corrected chi connectivity index (χ3v) is 3.40. The summed E-state index contributed by atoms with van der Waals surface area (Å²) in [5, 5.41) is 0. The van der Waals surface area contributed by atoms with Crippen molar-refractivity contribution in [1.29, 1.82) is 0 Å². The fraction of sp³-hybridized carbons (Fsp3) is 1.00. The standard InChI is InChI=1S/C11H20F2/c1-4-6-10(2,3)9-5-7-11(12,13)8-9/h9H,4-8H2,1-3H3. The molecule has 0 saturated heterocycles. The lowest BCUT2D eigenvalue weighted by atomic mass is 9.74. The second-order valence-corrected chi connectivity index (χ2v) is 5.03. The Labute approximate surface area is 79.7 Å². The van der Waals surface area contributed by atoms with Gasteiger partial charge in [0.2, 0.25) is 5.92 Å². The Bertz CT molecular complexity index is 173. The summed E-state index contributed by atoms with van der Waals surface area (Å²) in [7, 11) is 0. The largest absolute Gasteiger partial charge is 0.248 e. The third-order valence-electron chi connectivity index (χ3n) is 3.40. The molecule has 1 aliphatic carbocycles. The molecule has 0 aromatic rings. The Balaban J connectivity index is 2.54. The quantitative estimate of drug-likeness (QED) is 0.624. The van der Waals surface area contributed by atoms with E-state index < -0.39 is 5.92 Å². The smallest absolute Gasteiger partial charge is 0.207 e. The summed E-state index contributed by atoms with van der Waals surface area (Å²) in [5.74, 6) is -2.15. The van der Waals surface area contributed by atoms with E-state index in [4.69, 9.17) is 0 Å². The Hall–Kier alpha value is -0.140. The van der Waals surface area contributed by atoms with Crippen molar-refractivity contribution >= 4 is 0 Å². The Kier molecular flexibility index (Phi) is 2.98. The molecule has 0 N–H and O–H groups in total. The van der Waals surface area contributed by atoms with E-state index in [9.17, 15) is 8.78 Å². The van der Waals surface area contributed by atoms with E-state index in [0.29, 0.717) is 6.42 Å². The molecule has 0 nitrogen and oxygen atoms in total. The highest BCUT2D eigenvalue weighted by Gasteiger charge is 2.44. The predicted octanol–water partition coefficient (Wildman–Crippen LogP) is 4.25. The summed E-state index contributed by atoms with van der Waals surface area (Å²) in [6.07, 6.45) is 3.08. The van der Waals surface area contributed by atoms with Crippen LogP contribution in [0.2, 0.25) is 0 Å². The molecule has 0 amide bonds. The zero-order chi connectivity index (χ0) is 10.1. The average Bonchev–Trinajstić information content (AvgIpc) is 2.30. The lowest BCUT2D eigenvalue weighted by Crippen LogP contribution is -2.23. The second-order valence-electron chi connectivity index (χ2n) is 5.03. The van der Waals surface area contributed by atoms with Gasteiger partial charge in [0.05, 0.1) is 0 Å². The van der Waals surface area contributed by atoms with Crippen molar-refractivity contribution in [2.24, 2.45) is 11.3 Å². The maximum Gasteiger partial charge on any atom is 0.248 e. The number of alkyl halides is 2. The molecule has 0 aromatic carbocycles. The van der Waals surface area contributed by atoms with Crippen LogP contribution in [-0.2, 0) is 0 Å². The van der Waals surface area contributed by atoms with Crippen LogP contribution in [-0.4, -0.2) is 5.92 Å². The lowest BCUT2D eigenvalue weighted by Gasteiger charge is -2.31. The first-order valence-corrected chi connectivity index (χ1v) is 5.25. The molecule has 1 rings (SSSR count). The number of hydrogen-bond donors (Lipinski definition) is 0. The highest BCUT2D eigenvalue weighted by Crippen LogP contribution is 2.48. The Morgan fingerprint density at radius 3 is 2.38 bits per heavy atom. The predicted molar refractivity (Wildman–Crippen MR) is 51.0 cm³/mol. The minimum absolute atomic E-state index is 0.102. The van der Waals surface area contributed by atoms with Gasteiger partial charge in [0.25, 0.3) is 0 Å². The van der Waals surface area contributed by atoms with E-state index in [0.717, 1.165) is 12.8 Å². The summed E-state index contributed by atoms with van der Waals surface area (Å²) in [4.78, 5) is 0. The molecule has 0 aliphatic heterocycles. The van der Waals surface area contributed by atoms with Crippen LogP contribution in [0.3, 0.4) is 0 Å². The summed E-state index contributed by atoms with van der Waals surface area (Å²) >= 11 is 0. The third kappa shape index (κ3) is 2.65. The second kappa shape index (κ2) is 3.55.